The number of hydrogen-bond acceptors (Lipinski definition) is 3. The third kappa shape index (κ3) is 2.42. The minimum Gasteiger partial charge on any atom is -0.507 e. The predicted octanol–water partition coefficient (Wildman–Crippen LogP) is 4.09. The van der Waals surface area contributed by atoms with E-state index < -0.39 is 0 Å². The number of phenolic OH excluding ortho intramolecular Hbond substituents is 1. The van der Waals surface area contributed by atoms with Crippen molar-refractivity contribution in [3.8, 4) is 5.75 Å². The second kappa shape index (κ2) is 5.12. The number of halogens is 1. The Morgan fingerprint density at radius 1 is 1.33 bits per heavy atom. The number of carbonyl (C=O) groups is 1. The zero-order valence-electron chi connectivity index (χ0n) is 9.95. The molecule has 1 heterocycles. The molecule has 5 heteroatoms. The lowest BCUT2D eigenvalue weighted by Gasteiger charge is -2.10. The molecule has 94 valence electrons. The fraction of sp³-hybridized carbons (Fsp3) is 0.154. The van der Waals surface area contributed by atoms with E-state index in [1.165, 1.54) is 11.3 Å². The van der Waals surface area contributed by atoms with Crippen LogP contribution in [0.25, 0.3) is 0 Å². The number of amides is 1. The van der Waals surface area contributed by atoms with Crippen molar-refractivity contribution in [2.45, 2.75) is 13.8 Å². The van der Waals surface area contributed by atoms with E-state index in [9.17, 15) is 9.90 Å². The summed E-state index contributed by atoms with van der Waals surface area (Å²) in [7, 11) is 0. The van der Waals surface area contributed by atoms with Gasteiger partial charge in [0.25, 0.3) is 5.91 Å². The van der Waals surface area contributed by atoms with Gasteiger partial charge in [0.15, 0.2) is 0 Å². The van der Waals surface area contributed by atoms with E-state index in [4.69, 9.17) is 0 Å². The molecule has 1 amide bonds. The van der Waals surface area contributed by atoms with Gasteiger partial charge in [-0.1, -0.05) is 6.07 Å². The Hall–Kier alpha value is -1.33. The molecule has 1 aromatic carbocycles. The number of hydrogen-bond donors (Lipinski definition) is 2. The van der Waals surface area contributed by atoms with Gasteiger partial charge < -0.3 is 10.4 Å². The Bertz CT molecular complexity index is 607. The number of anilines is 1. The summed E-state index contributed by atoms with van der Waals surface area (Å²) in [6.07, 6.45) is 0. The molecule has 0 aliphatic heterocycles. The van der Waals surface area contributed by atoms with Crippen molar-refractivity contribution in [3.05, 3.63) is 44.1 Å². The number of rotatable bonds is 2. The molecule has 0 fully saturated rings. The van der Waals surface area contributed by atoms with Crippen molar-refractivity contribution in [2.24, 2.45) is 0 Å². The van der Waals surface area contributed by atoms with Crippen LogP contribution in [0.5, 0.6) is 5.75 Å². The quantitative estimate of drug-likeness (QED) is 0.873. The molecule has 0 bridgehead atoms. The topological polar surface area (TPSA) is 49.3 Å². The summed E-state index contributed by atoms with van der Waals surface area (Å²) < 4.78 is 0.777. The van der Waals surface area contributed by atoms with Gasteiger partial charge >= 0.3 is 0 Å². The average Bonchev–Trinajstić information content (AvgIpc) is 2.76. The minimum atomic E-state index is -0.178. The Balaban J connectivity index is 2.28. The SMILES string of the molecule is Cc1ccc(NC(=O)c2sccc2Br)c(C)c1O. The highest BCUT2D eigenvalue weighted by Crippen LogP contribution is 2.29. The van der Waals surface area contributed by atoms with Gasteiger partial charge in [0.05, 0.1) is 0 Å². The minimum absolute atomic E-state index is 0.178. The van der Waals surface area contributed by atoms with Crippen LogP contribution in [0, 0.1) is 13.8 Å². The van der Waals surface area contributed by atoms with Crippen molar-refractivity contribution in [1.29, 1.82) is 0 Å². The van der Waals surface area contributed by atoms with E-state index in [2.05, 4.69) is 21.2 Å². The van der Waals surface area contributed by atoms with E-state index >= 15 is 0 Å². The molecule has 0 unspecified atom stereocenters. The number of carbonyl (C=O) groups excluding carboxylic acids is 1. The molecule has 0 aliphatic carbocycles. The Kier molecular flexibility index (Phi) is 3.73. The first-order valence-electron chi connectivity index (χ1n) is 5.34. The summed E-state index contributed by atoms with van der Waals surface area (Å²) in [6, 6.07) is 5.41. The fourth-order valence-corrected chi connectivity index (χ4v) is 3.05. The largest absolute Gasteiger partial charge is 0.507 e. The van der Waals surface area contributed by atoms with Crippen LogP contribution < -0.4 is 5.32 Å². The smallest absolute Gasteiger partial charge is 0.266 e. The van der Waals surface area contributed by atoms with Gasteiger partial charge in [0, 0.05) is 15.7 Å². The molecule has 2 aromatic rings. The first-order chi connectivity index (χ1) is 8.50. The first-order valence-corrected chi connectivity index (χ1v) is 7.01. The number of nitrogens with one attached hydrogen (secondary N) is 1. The molecule has 0 aliphatic rings. The Labute approximate surface area is 118 Å². The summed E-state index contributed by atoms with van der Waals surface area (Å²) in [5.74, 6) is 0.0428. The maximum atomic E-state index is 12.0. The monoisotopic (exact) mass is 325 g/mol. The van der Waals surface area contributed by atoms with Gasteiger partial charge in [-0.25, -0.2) is 0 Å². The van der Waals surface area contributed by atoms with Crippen LogP contribution in [-0.2, 0) is 0 Å². The number of phenols is 1. The molecule has 2 rings (SSSR count). The molecule has 0 saturated carbocycles. The standard InChI is InChI=1S/C13H12BrNO2S/c1-7-3-4-10(8(2)11(7)16)15-13(17)12-9(14)5-6-18-12/h3-6,16H,1-2H3,(H,15,17). The normalized spacial score (nSPS) is 10.4. The van der Waals surface area contributed by atoms with E-state index in [0.29, 0.717) is 16.1 Å². The zero-order valence-corrected chi connectivity index (χ0v) is 12.4. The van der Waals surface area contributed by atoms with Gasteiger partial charge in [-0.05, 0) is 52.9 Å². The predicted molar refractivity (Wildman–Crippen MR) is 77.6 cm³/mol. The van der Waals surface area contributed by atoms with Gasteiger partial charge in [0.2, 0.25) is 0 Å². The molecule has 3 nitrogen and oxygen atoms in total. The fourth-order valence-electron chi connectivity index (χ4n) is 1.61. The number of thiophene rings is 1. The van der Waals surface area contributed by atoms with Gasteiger partial charge in [-0.2, -0.15) is 0 Å². The number of aryl methyl sites for hydroxylation is 1. The maximum Gasteiger partial charge on any atom is 0.266 e. The molecule has 1 aromatic heterocycles. The van der Waals surface area contributed by atoms with Crippen LogP contribution in [0.2, 0.25) is 0 Å². The summed E-state index contributed by atoms with van der Waals surface area (Å²) >= 11 is 4.69. The van der Waals surface area contributed by atoms with E-state index in [1.807, 2.05) is 18.4 Å². The summed E-state index contributed by atoms with van der Waals surface area (Å²) in [6.45, 7) is 3.60. The lowest BCUT2D eigenvalue weighted by atomic mass is 10.1. The van der Waals surface area contributed by atoms with Crippen LogP contribution in [0.4, 0.5) is 5.69 Å². The van der Waals surface area contributed by atoms with Crippen molar-refractivity contribution in [3.63, 3.8) is 0 Å². The molecule has 0 atom stereocenters. The van der Waals surface area contributed by atoms with E-state index in [0.717, 1.165) is 10.0 Å². The lowest BCUT2D eigenvalue weighted by molar-refractivity contribution is 0.103. The molecular formula is C13H12BrNO2S. The van der Waals surface area contributed by atoms with Crippen molar-refractivity contribution < 1.29 is 9.90 Å². The third-order valence-electron chi connectivity index (χ3n) is 2.70. The summed E-state index contributed by atoms with van der Waals surface area (Å²) in [5.41, 5.74) is 2.10. The summed E-state index contributed by atoms with van der Waals surface area (Å²) in [4.78, 5) is 12.7. The molecular weight excluding hydrogens is 314 g/mol. The second-order valence-corrected chi connectivity index (χ2v) is 5.73. The van der Waals surface area contributed by atoms with Crippen LogP contribution in [0.15, 0.2) is 28.1 Å². The van der Waals surface area contributed by atoms with Crippen molar-refractivity contribution in [1.82, 2.24) is 0 Å². The molecule has 0 radical (unpaired) electrons. The molecule has 0 saturated heterocycles. The third-order valence-corrected chi connectivity index (χ3v) is 4.54. The van der Waals surface area contributed by atoms with Crippen LogP contribution in [0.1, 0.15) is 20.8 Å². The second-order valence-electron chi connectivity index (χ2n) is 3.96. The Morgan fingerprint density at radius 3 is 2.67 bits per heavy atom. The summed E-state index contributed by atoms with van der Waals surface area (Å²) in [5, 5.41) is 14.5. The molecule has 0 spiro atoms. The van der Waals surface area contributed by atoms with Crippen molar-refractivity contribution in [2.75, 3.05) is 5.32 Å². The van der Waals surface area contributed by atoms with Crippen LogP contribution >= 0.6 is 27.3 Å². The lowest BCUT2D eigenvalue weighted by Crippen LogP contribution is -2.11. The maximum absolute atomic E-state index is 12.0. The van der Waals surface area contributed by atoms with Gasteiger partial charge in [-0.15, -0.1) is 11.3 Å². The van der Waals surface area contributed by atoms with Crippen molar-refractivity contribution >= 4 is 38.9 Å². The van der Waals surface area contributed by atoms with Crippen LogP contribution in [-0.4, -0.2) is 11.0 Å². The zero-order chi connectivity index (χ0) is 13.3. The highest BCUT2D eigenvalue weighted by Gasteiger charge is 2.14. The number of aromatic hydroxyl groups is 1. The highest BCUT2D eigenvalue weighted by atomic mass is 79.9. The van der Waals surface area contributed by atoms with E-state index in [-0.39, 0.29) is 11.7 Å². The number of benzene rings is 1. The molecule has 2 N–H and O–H groups in total. The van der Waals surface area contributed by atoms with E-state index in [1.54, 1.807) is 19.1 Å². The molecule has 18 heavy (non-hydrogen) atoms. The highest BCUT2D eigenvalue weighted by molar-refractivity contribution is 9.10. The van der Waals surface area contributed by atoms with Crippen LogP contribution in [0.3, 0.4) is 0 Å². The average molecular weight is 326 g/mol. The van der Waals surface area contributed by atoms with Gasteiger partial charge in [-0.3, -0.25) is 4.79 Å². The van der Waals surface area contributed by atoms with Gasteiger partial charge in [0.1, 0.15) is 10.6 Å². The Morgan fingerprint density at radius 2 is 2.06 bits per heavy atom. The first kappa shape index (κ1) is 13.1.